The highest BCUT2D eigenvalue weighted by molar-refractivity contribution is 7.17. The highest BCUT2D eigenvalue weighted by atomic mass is 35.5. The number of ether oxygens (including phenoxy) is 2. The molecule has 1 N–H and O–H groups in total. The predicted molar refractivity (Wildman–Crippen MR) is 114 cm³/mol. The molecule has 30 heavy (non-hydrogen) atoms. The van der Waals surface area contributed by atoms with Crippen LogP contribution in [0.5, 0.6) is 0 Å². The number of nitrogens with one attached hydrogen (secondary N) is 1. The van der Waals surface area contributed by atoms with Gasteiger partial charge in [0.15, 0.2) is 6.10 Å². The van der Waals surface area contributed by atoms with E-state index in [2.05, 4.69) is 17.2 Å². The Morgan fingerprint density at radius 1 is 1.37 bits per heavy atom. The van der Waals surface area contributed by atoms with E-state index >= 15 is 0 Å². The van der Waals surface area contributed by atoms with E-state index in [1.807, 2.05) is 0 Å². The summed E-state index contributed by atoms with van der Waals surface area (Å²) in [4.78, 5) is 42.6. The molecule has 2 unspecified atom stereocenters. The molecular weight excluding hydrogens is 428 g/mol. The van der Waals surface area contributed by atoms with E-state index in [0.29, 0.717) is 16.5 Å². The Bertz CT molecular complexity index is 974. The van der Waals surface area contributed by atoms with E-state index < -0.39 is 23.9 Å². The first-order valence-corrected chi connectivity index (χ1v) is 10.9. The molecule has 2 atom stereocenters. The molecule has 0 fully saturated rings. The number of thiophene rings is 1. The fraction of sp³-hybridized carbons (Fsp3) is 0.429. The number of methoxy groups -OCH3 is 1. The molecule has 3 rings (SSSR count). The minimum atomic E-state index is -1.04. The van der Waals surface area contributed by atoms with Gasteiger partial charge in [-0.1, -0.05) is 25.4 Å². The van der Waals surface area contributed by atoms with Crippen molar-refractivity contribution in [3.8, 4) is 0 Å². The zero-order chi connectivity index (χ0) is 21.8. The number of pyridine rings is 1. The number of aromatic nitrogens is 1. The van der Waals surface area contributed by atoms with Gasteiger partial charge >= 0.3 is 11.9 Å². The molecule has 1 aliphatic rings. The van der Waals surface area contributed by atoms with Crippen LogP contribution in [0.2, 0.25) is 5.15 Å². The molecule has 0 radical (unpaired) electrons. The van der Waals surface area contributed by atoms with Crippen LogP contribution in [0.3, 0.4) is 0 Å². The molecule has 1 aliphatic carbocycles. The Hall–Kier alpha value is -2.45. The van der Waals surface area contributed by atoms with Crippen molar-refractivity contribution in [3.05, 3.63) is 45.1 Å². The quantitative estimate of drug-likeness (QED) is 0.521. The van der Waals surface area contributed by atoms with Crippen LogP contribution in [0, 0.1) is 5.92 Å². The van der Waals surface area contributed by atoms with E-state index in [0.717, 1.165) is 29.7 Å². The molecule has 2 aromatic rings. The maximum Gasteiger partial charge on any atom is 0.342 e. The third-order valence-electron chi connectivity index (χ3n) is 5.03. The van der Waals surface area contributed by atoms with Crippen LogP contribution in [-0.4, -0.2) is 36.0 Å². The summed E-state index contributed by atoms with van der Waals surface area (Å²) in [6.45, 7) is 3.89. The number of amides is 1. The van der Waals surface area contributed by atoms with Gasteiger partial charge in [-0.15, -0.1) is 11.3 Å². The standard InChI is InChI=1S/C21H23ClN2O5S/c1-4-14(29-20(26)13-6-5-9-23-17(13)22)18(25)24-19-16(21(27)28-3)12-8-7-11(2)10-15(12)30-19/h5-6,9,11,14H,4,7-8,10H2,1-3H3,(H,24,25). The summed E-state index contributed by atoms with van der Waals surface area (Å²) in [5, 5.41) is 3.21. The van der Waals surface area contributed by atoms with Gasteiger partial charge in [0.1, 0.15) is 10.2 Å². The predicted octanol–water partition coefficient (Wildman–Crippen LogP) is 4.28. The lowest BCUT2D eigenvalue weighted by atomic mass is 9.88. The zero-order valence-electron chi connectivity index (χ0n) is 17.0. The van der Waals surface area contributed by atoms with Gasteiger partial charge in [0.25, 0.3) is 5.91 Å². The largest absolute Gasteiger partial charge is 0.465 e. The Labute approximate surface area is 183 Å². The summed E-state index contributed by atoms with van der Waals surface area (Å²) < 4.78 is 10.3. The maximum absolute atomic E-state index is 12.9. The second-order valence-electron chi connectivity index (χ2n) is 7.18. The Balaban J connectivity index is 1.81. The van der Waals surface area contributed by atoms with E-state index in [-0.39, 0.29) is 17.1 Å². The Kier molecular flexibility index (Phi) is 7.10. The first-order valence-electron chi connectivity index (χ1n) is 9.70. The van der Waals surface area contributed by atoms with Crippen LogP contribution in [0.1, 0.15) is 57.8 Å². The number of carbonyl (C=O) groups is 3. The molecular formula is C21H23ClN2O5S. The molecule has 0 spiro atoms. The van der Waals surface area contributed by atoms with E-state index in [4.69, 9.17) is 21.1 Å². The summed E-state index contributed by atoms with van der Waals surface area (Å²) in [7, 11) is 1.32. The molecule has 0 saturated carbocycles. The smallest absolute Gasteiger partial charge is 0.342 e. The third kappa shape index (κ3) is 4.65. The van der Waals surface area contributed by atoms with Gasteiger partial charge in [0.2, 0.25) is 0 Å². The number of nitrogens with zero attached hydrogens (tertiary/aromatic N) is 1. The molecule has 0 aliphatic heterocycles. The maximum atomic E-state index is 12.9. The molecule has 160 valence electrons. The highest BCUT2D eigenvalue weighted by Crippen LogP contribution is 2.40. The van der Waals surface area contributed by atoms with Gasteiger partial charge < -0.3 is 14.8 Å². The molecule has 2 aromatic heterocycles. The summed E-state index contributed by atoms with van der Waals surface area (Å²) >= 11 is 7.31. The van der Waals surface area contributed by atoms with Crippen LogP contribution < -0.4 is 5.32 Å². The number of carbonyl (C=O) groups excluding carboxylic acids is 3. The van der Waals surface area contributed by atoms with Gasteiger partial charge in [-0.05, 0) is 49.3 Å². The number of esters is 2. The minimum absolute atomic E-state index is 0.00536. The first kappa shape index (κ1) is 22.2. The number of hydrogen-bond donors (Lipinski definition) is 1. The monoisotopic (exact) mass is 450 g/mol. The fourth-order valence-electron chi connectivity index (χ4n) is 3.40. The summed E-state index contributed by atoms with van der Waals surface area (Å²) in [5.74, 6) is -1.21. The number of halogens is 1. The second kappa shape index (κ2) is 9.57. The Morgan fingerprint density at radius 3 is 2.80 bits per heavy atom. The van der Waals surface area contributed by atoms with E-state index in [9.17, 15) is 14.4 Å². The second-order valence-corrected chi connectivity index (χ2v) is 8.64. The minimum Gasteiger partial charge on any atom is -0.465 e. The molecule has 0 saturated heterocycles. The van der Waals surface area contributed by atoms with E-state index in [1.54, 1.807) is 13.0 Å². The molecule has 0 bridgehead atoms. The highest BCUT2D eigenvalue weighted by Gasteiger charge is 2.31. The van der Waals surface area contributed by atoms with Crippen LogP contribution in [0.25, 0.3) is 0 Å². The number of rotatable bonds is 6. The van der Waals surface area contributed by atoms with Gasteiger partial charge in [-0.3, -0.25) is 4.79 Å². The lowest BCUT2D eigenvalue weighted by Gasteiger charge is -2.18. The average molecular weight is 451 g/mol. The Morgan fingerprint density at radius 2 is 2.13 bits per heavy atom. The van der Waals surface area contributed by atoms with Gasteiger partial charge in [0, 0.05) is 11.1 Å². The van der Waals surface area contributed by atoms with Gasteiger partial charge in [-0.2, -0.15) is 0 Å². The number of fused-ring (bicyclic) bond motifs is 1. The lowest BCUT2D eigenvalue weighted by Crippen LogP contribution is -2.32. The molecule has 2 heterocycles. The zero-order valence-corrected chi connectivity index (χ0v) is 18.6. The van der Waals surface area contributed by atoms with Crippen molar-refractivity contribution in [3.63, 3.8) is 0 Å². The van der Waals surface area contributed by atoms with Crippen molar-refractivity contribution >= 4 is 45.8 Å². The number of anilines is 1. The molecule has 7 nitrogen and oxygen atoms in total. The van der Waals surface area contributed by atoms with Gasteiger partial charge in [-0.25, -0.2) is 14.6 Å². The molecule has 1 amide bonds. The van der Waals surface area contributed by atoms with Crippen molar-refractivity contribution in [1.29, 1.82) is 0 Å². The van der Waals surface area contributed by atoms with Crippen LogP contribution >= 0.6 is 22.9 Å². The average Bonchev–Trinajstić information content (AvgIpc) is 3.08. The van der Waals surface area contributed by atoms with Gasteiger partial charge in [0.05, 0.1) is 18.2 Å². The van der Waals surface area contributed by atoms with Crippen LogP contribution in [0.15, 0.2) is 18.3 Å². The number of hydrogen-bond acceptors (Lipinski definition) is 7. The first-order chi connectivity index (χ1) is 14.3. The van der Waals surface area contributed by atoms with Crippen LogP contribution in [-0.2, 0) is 27.1 Å². The lowest BCUT2D eigenvalue weighted by molar-refractivity contribution is -0.124. The van der Waals surface area contributed by atoms with E-state index in [1.165, 1.54) is 30.7 Å². The summed E-state index contributed by atoms with van der Waals surface area (Å²) in [6, 6.07) is 3.04. The topological polar surface area (TPSA) is 94.6 Å². The van der Waals surface area contributed by atoms with Crippen molar-refractivity contribution in [1.82, 2.24) is 4.98 Å². The molecule has 0 aromatic carbocycles. The fourth-order valence-corrected chi connectivity index (χ4v) is 5.00. The van der Waals surface area contributed by atoms with Crippen molar-refractivity contribution in [2.75, 3.05) is 12.4 Å². The van der Waals surface area contributed by atoms with Crippen LogP contribution in [0.4, 0.5) is 5.00 Å². The summed E-state index contributed by atoms with van der Waals surface area (Å²) in [5.41, 5.74) is 1.42. The normalized spacial score (nSPS) is 16.3. The summed E-state index contributed by atoms with van der Waals surface area (Å²) in [6.07, 6.45) is 3.26. The molecule has 9 heteroatoms. The third-order valence-corrected chi connectivity index (χ3v) is 6.50. The SMILES string of the molecule is CCC(OC(=O)c1cccnc1Cl)C(=O)Nc1sc2c(c1C(=O)OC)CCC(C)C2. The van der Waals surface area contributed by atoms with Crippen molar-refractivity contribution in [2.45, 2.75) is 45.6 Å². The van der Waals surface area contributed by atoms with Crippen molar-refractivity contribution in [2.24, 2.45) is 5.92 Å². The van der Waals surface area contributed by atoms with Crippen molar-refractivity contribution < 1.29 is 23.9 Å².